The van der Waals surface area contributed by atoms with Gasteiger partial charge in [0.1, 0.15) is 18.4 Å². The molecular formula is C37H40FN3O4S2. The second kappa shape index (κ2) is 15.6. The maximum Gasteiger partial charge on any atom is 0.264 e. The van der Waals surface area contributed by atoms with Crippen LogP contribution in [0.15, 0.2) is 113 Å². The van der Waals surface area contributed by atoms with E-state index in [0.717, 1.165) is 46.0 Å². The third-order valence-electron chi connectivity index (χ3n) is 8.52. The molecule has 10 heteroatoms. The minimum atomic E-state index is -4.22. The lowest BCUT2D eigenvalue weighted by atomic mass is 10.0. The van der Waals surface area contributed by atoms with Gasteiger partial charge in [0.2, 0.25) is 11.8 Å². The molecule has 0 saturated heterocycles. The molecule has 1 aliphatic rings. The Morgan fingerprint density at radius 2 is 1.53 bits per heavy atom. The normalized spacial score (nSPS) is 14.0. The number of nitrogens with one attached hydrogen (secondary N) is 1. The Kier molecular flexibility index (Phi) is 11.4. The summed E-state index contributed by atoms with van der Waals surface area (Å²) < 4.78 is 44.6. The SMILES string of the molecule is CSc1ccc(S(=O)(=O)N(CC(=O)N(Cc2ccccc2F)C(Cc2ccccc2)C(=O)NC2CCCC2)c2ccc(C)cc2)cc1. The highest BCUT2D eigenvalue weighted by molar-refractivity contribution is 7.98. The van der Waals surface area contributed by atoms with E-state index in [9.17, 15) is 18.0 Å². The minimum Gasteiger partial charge on any atom is -0.352 e. The molecule has 1 atom stereocenters. The lowest BCUT2D eigenvalue weighted by Gasteiger charge is -2.34. The summed E-state index contributed by atoms with van der Waals surface area (Å²) in [4.78, 5) is 30.9. The number of sulfonamides is 1. The van der Waals surface area contributed by atoms with Gasteiger partial charge in [-0.05, 0) is 74.0 Å². The summed E-state index contributed by atoms with van der Waals surface area (Å²) in [7, 11) is -4.22. The molecule has 0 bridgehead atoms. The van der Waals surface area contributed by atoms with Gasteiger partial charge in [-0.3, -0.25) is 13.9 Å². The quantitative estimate of drug-likeness (QED) is 0.159. The molecule has 246 valence electrons. The zero-order valence-electron chi connectivity index (χ0n) is 26.6. The number of thioether (sulfide) groups is 1. The number of halogens is 1. The molecule has 1 fully saturated rings. The van der Waals surface area contributed by atoms with Gasteiger partial charge in [0.25, 0.3) is 10.0 Å². The topological polar surface area (TPSA) is 86.8 Å². The number of rotatable bonds is 13. The molecular weight excluding hydrogens is 634 g/mol. The summed E-state index contributed by atoms with van der Waals surface area (Å²) >= 11 is 1.49. The third-order valence-corrected chi connectivity index (χ3v) is 11.1. The van der Waals surface area contributed by atoms with Crippen LogP contribution in [0.3, 0.4) is 0 Å². The average Bonchev–Trinajstić information content (AvgIpc) is 3.60. The van der Waals surface area contributed by atoms with Crippen molar-refractivity contribution in [3.8, 4) is 0 Å². The lowest BCUT2D eigenvalue weighted by molar-refractivity contribution is -0.140. The van der Waals surface area contributed by atoms with E-state index >= 15 is 4.39 Å². The van der Waals surface area contributed by atoms with Gasteiger partial charge in [-0.15, -0.1) is 11.8 Å². The van der Waals surface area contributed by atoms with E-state index in [2.05, 4.69) is 5.32 Å². The van der Waals surface area contributed by atoms with Gasteiger partial charge in [0.15, 0.2) is 0 Å². The highest BCUT2D eigenvalue weighted by atomic mass is 32.2. The van der Waals surface area contributed by atoms with Crippen LogP contribution in [0.4, 0.5) is 10.1 Å². The molecule has 0 heterocycles. The van der Waals surface area contributed by atoms with Crippen LogP contribution in [0.25, 0.3) is 0 Å². The number of nitrogens with zero attached hydrogens (tertiary/aromatic N) is 2. The molecule has 4 aromatic rings. The predicted octanol–water partition coefficient (Wildman–Crippen LogP) is 6.75. The number of aryl methyl sites for hydroxylation is 1. The first-order chi connectivity index (χ1) is 22.7. The fourth-order valence-electron chi connectivity index (χ4n) is 5.85. The van der Waals surface area contributed by atoms with E-state index in [1.165, 1.54) is 34.9 Å². The van der Waals surface area contributed by atoms with Crippen molar-refractivity contribution in [1.82, 2.24) is 10.2 Å². The van der Waals surface area contributed by atoms with E-state index in [1.807, 2.05) is 43.5 Å². The first kappa shape index (κ1) is 34.2. The monoisotopic (exact) mass is 673 g/mol. The Hall–Kier alpha value is -4.15. The molecule has 2 amide bonds. The fourth-order valence-corrected chi connectivity index (χ4v) is 7.67. The highest BCUT2D eigenvalue weighted by Gasteiger charge is 2.36. The average molecular weight is 674 g/mol. The fraction of sp³-hybridized carbons (Fsp3) is 0.297. The number of amides is 2. The highest BCUT2D eigenvalue weighted by Crippen LogP contribution is 2.27. The maximum absolute atomic E-state index is 15.1. The van der Waals surface area contributed by atoms with Gasteiger partial charge in [0, 0.05) is 29.5 Å². The van der Waals surface area contributed by atoms with E-state index in [1.54, 1.807) is 54.6 Å². The van der Waals surface area contributed by atoms with Crippen molar-refractivity contribution in [3.05, 3.63) is 126 Å². The summed E-state index contributed by atoms with van der Waals surface area (Å²) in [6.07, 6.45) is 5.78. The predicted molar refractivity (Wildman–Crippen MR) is 185 cm³/mol. The Labute approximate surface area is 281 Å². The third kappa shape index (κ3) is 8.61. The van der Waals surface area contributed by atoms with Crippen LogP contribution in [0.2, 0.25) is 0 Å². The Bertz CT molecular complexity index is 1760. The Morgan fingerprint density at radius 3 is 2.17 bits per heavy atom. The molecule has 47 heavy (non-hydrogen) atoms. The number of benzene rings is 4. The van der Waals surface area contributed by atoms with E-state index in [-0.39, 0.29) is 35.4 Å². The molecule has 1 N–H and O–H groups in total. The van der Waals surface area contributed by atoms with Gasteiger partial charge < -0.3 is 10.2 Å². The number of anilines is 1. The van der Waals surface area contributed by atoms with Crippen molar-refractivity contribution < 1.29 is 22.4 Å². The molecule has 1 aliphatic carbocycles. The molecule has 5 rings (SSSR count). The van der Waals surface area contributed by atoms with Crippen LogP contribution in [-0.4, -0.2) is 50.0 Å². The molecule has 0 aromatic heterocycles. The minimum absolute atomic E-state index is 0.0140. The first-order valence-corrected chi connectivity index (χ1v) is 18.4. The van der Waals surface area contributed by atoms with E-state index in [0.29, 0.717) is 5.69 Å². The maximum atomic E-state index is 15.1. The molecule has 1 unspecified atom stereocenters. The van der Waals surface area contributed by atoms with Crippen molar-refractivity contribution in [2.75, 3.05) is 17.1 Å². The van der Waals surface area contributed by atoms with Crippen LogP contribution in [0, 0.1) is 12.7 Å². The Morgan fingerprint density at radius 1 is 0.894 bits per heavy atom. The van der Waals surface area contributed by atoms with Crippen molar-refractivity contribution in [2.45, 2.75) is 67.4 Å². The van der Waals surface area contributed by atoms with Crippen LogP contribution < -0.4 is 9.62 Å². The first-order valence-electron chi connectivity index (χ1n) is 15.8. The number of hydrogen-bond donors (Lipinski definition) is 1. The van der Waals surface area contributed by atoms with Gasteiger partial charge in [0.05, 0.1) is 10.6 Å². The van der Waals surface area contributed by atoms with Crippen LogP contribution in [0.5, 0.6) is 0 Å². The summed E-state index contributed by atoms with van der Waals surface area (Å²) in [6.45, 7) is 1.08. The van der Waals surface area contributed by atoms with Gasteiger partial charge in [-0.1, -0.05) is 79.1 Å². The largest absolute Gasteiger partial charge is 0.352 e. The zero-order valence-corrected chi connectivity index (χ0v) is 28.3. The van der Waals surface area contributed by atoms with Crippen LogP contribution in [0.1, 0.15) is 42.4 Å². The van der Waals surface area contributed by atoms with Crippen LogP contribution >= 0.6 is 11.8 Å². The number of hydrogen-bond acceptors (Lipinski definition) is 5. The summed E-state index contributed by atoms with van der Waals surface area (Å²) in [6, 6.07) is 27.8. The van der Waals surface area contributed by atoms with Gasteiger partial charge in [-0.2, -0.15) is 0 Å². The smallest absolute Gasteiger partial charge is 0.264 e. The van der Waals surface area contributed by atoms with Gasteiger partial charge in [-0.25, -0.2) is 12.8 Å². The lowest BCUT2D eigenvalue weighted by Crippen LogP contribution is -2.54. The second-order valence-corrected chi connectivity index (χ2v) is 14.6. The second-order valence-electron chi connectivity index (χ2n) is 11.8. The number of carbonyl (C=O) groups is 2. The van der Waals surface area contributed by atoms with E-state index < -0.39 is 34.3 Å². The van der Waals surface area contributed by atoms with Gasteiger partial charge >= 0.3 is 0 Å². The van der Waals surface area contributed by atoms with E-state index in [4.69, 9.17) is 0 Å². The van der Waals surface area contributed by atoms with Crippen molar-refractivity contribution in [3.63, 3.8) is 0 Å². The summed E-state index contributed by atoms with van der Waals surface area (Å²) in [5.41, 5.74) is 2.28. The molecule has 7 nitrogen and oxygen atoms in total. The summed E-state index contributed by atoms with van der Waals surface area (Å²) in [5, 5.41) is 3.13. The van der Waals surface area contributed by atoms with Crippen molar-refractivity contribution in [2.24, 2.45) is 0 Å². The van der Waals surface area contributed by atoms with Crippen LogP contribution in [-0.2, 0) is 32.6 Å². The van der Waals surface area contributed by atoms with Crippen molar-refractivity contribution in [1.29, 1.82) is 0 Å². The molecule has 0 spiro atoms. The summed E-state index contributed by atoms with van der Waals surface area (Å²) in [5.74, 6) is -1.49. The Balaban J connectivity index is 1.56. The molecule has 0 radical (unpaired) electrons. The molecule has 4 aromatic carbocycles. The van der Waals surface area contributed by atoms with Crippen molar-refractivity contribution >= 4 is 39.3 Å². The molecule has 1 saturated carbocycles. The standard InChI is InChI=1S/C37H40FN3O4S2/c1-27-16-18-31(19-17-27)41(47(44,45)33-22-20-32(46-2)21-23-33)26-36(42)40(25-29-12-6-9-15-34(29)38)35(24-28-10-4-3-5-11-28)37(43)39-30-13-7-8-14-30/h3-6,9-12,15-23,30,35H,7-8,13-14,24-26H2,1-2H3,(H,39,43). The molecule has 0 aliphatic heterocycles. The zero-order chi connectivity index (χ0) is 33.4. The number of carbonyl (C=O) groups excluding carboxylic acids is 2.